The summed E-state index contributed by atoms with van der Waals surface area (Å²) in [4.78, 5) is 61.0. The Morgan fingerprint density at radius 1 is 1.02 bits per heavy atom. The number of pyridine rings is 1. The highest BCUT2D eigenvalue weighted by molar-refractivity contribution is 5.95. The van der Waals surface area contributed by atoms with Crippen molar-refractivity contribution in [2.75, 3.05) is 60.0 Å². The molecule has 2 aliphatic carbocycles. The third kappa shape index (κ3) is 7.57. The Balaban J connectivity index is 1.07. The monoisotopic (exact) mass is 902 g/mol. The number of likely N-dealkylation sites (tertiary alicyclic amines) is 3. The Morgan fingerprint density at radius 3 is 2.52 bits per heavy atom. The molecule has 4 aromatic rings. The molecule has 66 heavy (non-hydrogen) atoms. The second-order valence-electron chi connectivity index (χ2n) is 21.7. The standard InChI is InChI=1S/C51H67N9O6/c1-29-30(2)41(29)46(61)54-43-45(58-26-51(27-58)17-10-19-56(51)6)47-53-39(25-65-47)32-13-16-40-36(21-32)37(22-50(4,5)28-66-49(63)38-12-9-20-59(55-38)48(43)62)44(35-11-8-18-52-42(35)31(3)64-7)60(40)34-23-57(24-34)33-14-15-33/h8,11,13,16,18,21,25,29-31,33-34,38,41,43,45,55H,9-10,12,14-15,17,19-20,22-24,26-28H2,1-7H3,(H,54,61)/t29-,30+,31-,38-,41?,43-,45-/m0/s1. The van der Waals surface area contributed by atoms with Crippen LogP contribution in [0.2, 0.25) is 0 Å². The molecule has 6 bridgehead atoms. The zero-order chi connectivity index (χ0) is 45.8. The van der Waals surface area contributed by atoms with Gasteiger partial charge in [-0.3, -0.25) is 39.1 Å². The van der Waals surface area contributed by atoms with Gasteiger partial charge in [0.05, 0.1) is 30.1 Å². The SMILES string of the molecule is CO[C@@H](C)c1ncccc1-c1c2c3cc(ccc3n1C1CN(C3CC3)C1)-c1coc(n1)[C@@H](N1CC3(CCCN3C)C1)[C@H](NC(=O)C1[C@@H](C)[C@H]1C)C(=O)N1CCC[C@H](N1)C(=O)OCC(C)(C)C2. The average molecular weight is 902 g/mol. The molecule has 11 rings (SSSR count). The molecule has 7 aliphatic rings. The van der Waals surface area contributed by atoms with E-state index < -0.39 is 29.5 Å². The topological polar surface area (TPSA) is 151 Å². The number of rotatable bonds is 8. The first kappa shape index (κ1) is 43.9. The molecular formula is C51H67N9O6. The summed E-state index contributed by atoms with van der Waals surface area (Å²) in [6.07, 6.45) is 9.73. The lowest BCUT2D eigenvalue weighted by molar-refractivity contribution is -0.157. The van der Waals surface area contributed by atoms with Gasteiger partial charge in [0.25, 0.3) is 5.91 Å². The van der Waals surface area contributed by atoms with E-state index in [0.717, 1.165) is 71.5 Å². The Kier molecular flexibility index (Phi) is 11.0. The minimum atomic E-state index is -1.03. The molecule has 6 fully saturated rings. The lowest BCUT2D eigenvalue weighted by Gasteiger charge is -2.55. The fraction of sp³-hybridized carbons (Fsp3) is 0.627. The molecule has 15 nitrogen and oxygen atoms in total. The molecule has 1 aromatic carbocycles. The number of carbonyl (C=O) groups is 3. The number of amides is 2. The predicted molar refractivity (Wildman–Crippen MR) is 249 cm³/mol. The summed E-state index contributed by atoms with van der Waals surface area (Å²) in [5.74, 6) is -0.230. The van der Waals surface area contributed by atoms with Crippen molar-refractivity contribution in [1.82, 2.24) is 45.0 Å². The zero-order valence-corrected chi connectivity index (χ0v) is 39.7. The highest BCUT2D eigenvalue weighted by Crippen LogP contribution is 2.48. The van der Waals surface area contributed by atoms with Crippen molar-refractivity contribution < 1.29 is 28.3 Å². The number of benzene rings is 1. The van der Waals surface area contributed by atoms with Crippen LogP contribution in [0.5, 0.6) is 0 Å². The normalized spacial score (nSPS) is 29.9. The van der Waals surface area contributed by atoms with Crippen LogP contribution in [0.1, 0.15) is 108 Å². The van der Waals surface area contributed by atoms with Gasteiger partial charge in [-0.25, -0.2) is 10.4 Å². The first-order valence-corrected chi connectivity index (χ1v) is 24.6. The van der Waals surface area contributed by atoms with Gasteiger partial charge in [-0.15, -0.1) is 0 Å². The molecule has 0 radical (unpaired) electrons. The number of cyclic esters (lactones) is 1. The molecule has 7 atom stereocenters. The van der Waals surface area contributed by atoms with Crippen LogP contribution in [0, 0.1) is 23.2 Å². The number of hydrazine groups is 1. The molecule has 8 heterocycles. The van der Waals surface area contributed by atoms with E-state index in [1.165, 1.54) is 17.9 Å². The van der Waals surface area contributed by atoms with E-state index in [4.69, 9.17) is 23.9 Å². The van der Waals surface area contributed by atoms with Crippen molar-refractivity contribution in [3.05, 3.63) is 59.9 Å². The number of fused-ring (bicyclic) bond motifs is 6. The van der Waals surface area contributed by atoms with Gasteiger partial charge in [0.2, 0.25) is 11.8 Å². The lowest BCUT2D eigenvalue weighted by Crippen LogP contribution is -2.71. The molecule has 2 N–H and O–H groups in total. The quantitative estimate of drug-likeness (QED) is 0.203. The fourth-order valence-electron chi connectivity index (χ4n) is 12.1. The summed E-state index contributed by atoms with van der Waals surface area (Å²) in [6.45, 7) is 15.5. The molecule has 15 heteroatoms. The van der Waals surface area contributed by atoms with Crippen molar-refractivity contribution in [1.29, 1.82) is 0 Å². The van der Waals surface area contributed by atoms with Gasteiger partial charge < -0.3 is 23.8 Å². The summed E-state index contributed by atoms with van der Waals surface area (Å²) < 4.78 is 21.3. The minimum Gasteiger partial charge on any atom is -0.464 e. The molecular weight excluding hydrogens is 835 g/mol. The van der Waals surface area contributed by atoms with Crippen molar-refractivity contribution in [2.24, 2.45) is 23.2 Å². The van der Waals surface area contributed by atoms with Crippen molar-refractivity contribution in [3.8, 4) is 22.5 Å². The Hall–Kier alpha value is -4.67. The van der Waals surface area contributed by atoms with E-state index in [9.17, 15) is 9.59 Å². The maximum absolute atomic E-state index is 15.1. The number of nitrogens with zero attached hydrogens (tertiary/aromatic N) is 7. The second-order valence-corrected chi connectivity index (χ2v) is 21.7. The molecule has 5 aliphatic heterocycles. The van der Waals surface area contributed by atoms with Gasteiger partial charge >= 0.3 is 5.97 Å². The number of likely N-dealkylation sites (N-methyl/N-ethyl adjacent to an activating group) is 1. The van der Waals surface area contributed by atoms with E-state index in [1.807, 2.05) is 19.2 Å². The van der Waals surface area contributed by atoms with Crippen LogP contribution >= 0.6 is 0 Å². The van der Waals surface area contributed by atoms with Crippen LogP contribution in [-0.4, -0.2) is 136 Å². The number of esters is 1. The van der Waals surface area contributed by atoms with Crippen molar-refractivity contribution in [2.45, 2.75) is 121 Å². The largest absolute Gasteiger partial charge is 0.464 e. The van der Waals surface area contributed by atoms with Crippen LogP contribution in [0.4, 0.5) is 0 Å². The van der Waals surface area contributed by atoms with Crippen LogP contribution < -0.4 is 10.7 Å². The Labute approximate surface area is 387 Å². The lowest BCUT2D eigenvalue weighted by atomic mass is 9.84. The van der Waals surface area contributed by atoms with E-state index in [1.54, 1.807) is 13.4 Å². The maximum atomic E-state index is 15.1. The third-order valence-electron chi connectivity index (χ3n) is 16.7. The van der Waals surface area contributed by atoms with E-state index in [2.05, 4.69) is 89.0 Å². The van der Waals surface area contributed by atoms with Gasteiger partial charge in [-0.1, -0.05) is 33.8 Å². The first-order valence-electron chi connectivity index (χ1n) is 24.6. The zero-order valence-electron chi connectivity index (χ0n) is 39.7. The summed E-state index contributed by atoms with van der Waals surface area (Å²) in [6, 6.07) is 9.26. The van der Waals surface area contributed by atoms with Crippen LogP contribution in [0.3, 0.4) is 0 Å². The maximum Gasteiger partial charge on any atom is 0.324 e. The van der Waals surface area contributed by atoms with Gasteiger partial charge in [0.1, 0.15) is 30.1 Å². The smallest absolute Gasteiger partial charge is 0.324 e. The van der Waals surface area contributed by atoms with Gasteiger partial charge in [-0.05, 0) is 107 Å². The summed E-state index contributed by atoms with van der Waals surface area (Å²) in [5.41, 5.74) is 9.63. The summed E-state index contributed by atoms with van der Waals surface area (Å²) in [5, 5.41) is 5.89. The number of nitrogens with one attached hydrogen (secondary N) is 2. The number of aromatic nitrogens is 3. The van der Waals surface area contributed by atoms with E-state index >= 15 is 4.79 Å². The van der Waals surface area contributed by atoms with E-state index in [-0.39, 0.29) is 53.9 Å². The van der Waals surface area contributed by atoms with Gasteiger partial charge in [-0.2, -0.15) is 0 Å². The molecule has 1 unspecified atom stereocenters. The number of ether oxygens (including phenoxy) is 2. The number of methoxy groups -OCH3 is 1. The minimum absolute atomic E-state index is 0.0117. The van der Waals surface area contributed by atoms with E-state index in [0.29, 0.717) is 56.5 Å². The van der Waals surface area contributed by atoms with Crippen molar-refractivity contribution in [3.63, 3.8) is 0 Å². The summed E-state index contributed by atoms with van der Waals surface area (Å²) in [7, 11) is 3.91. The Morgan fingerprint density at radius 2 is 1.80 bits per heavy atom. The predicted octanol–water partition coefficient (Wildman–Crippen LogP) is 5.91. The highest BCUT2D eigenvalue weighted by Gasteiger charge is 2.56. The molecule has 4 saturated heterocycles. The van der Waals surface area contributed by atoms with Crippen LogP contribution in [0.15, 0.2) is 47.2 Å². The Bertz CT molecular complexity index is 2530. The number of hydrogen-bond acceptors (Lipinski definition) is 12. The van der Waals surface area contributed by atoms with Crippen LogP contribution in [-0.2, 0) is 30.3 Å². The molecule has 2 amide bonds. The van der Waals surface area contributed by atoms with Crippen LogP contribution in [0.25, 0.3) is 33.4 Å². The molecule has 352 valence electrons. The second kappa shape index (κ2) is 16.5. The first-order chi connectivity index (χ1) is 31.7. The number of oxazole rings is 1. The molecule has 2 saturated carbocycles. The van der Waals surface area contributed by atoms with Gasteiger partial charge in [0.15, 0.2) is 0 Å². The van der Waals surface area contributed by atoms with Gasteiger partial charge in [0, 0.05) is 91.0 Å². The number of carbonyl (C=O) groups excluding carboxylic acids is 3. The third-order valence-corrected chi connectivity index (χ3v) is 16.7. The fourth-order valence-corrected chi connectivity index (χ4v) is 12.1. The molecule has 3 aromatic heterocycles. The highest BCUT2D eigenvalue weighted by atomic mass is 16.5. The summed E-state index contributed by atoms with van der Waals surface area (Å²) >= 11 is 0. The average Bonchev–Trinajstić information content (AvgIpc) is 4.05. The number of hydrogen-bond donors (Lipinski definition) is 2. The van der Waals surface area contributed by atoms with Crippen molar-refractivity contribution >= 4 is 28.7 Å². The molecule has 1 spiro atoms.